The lowest BCUT2D eigenvalue weighted by molar-refractivity contribution is 0.247. The molecule has 2 aromatic carbocycles. The highest BCUT2D eigenvalue weighted by molar-refractivity contribution is 9.10. The van der Waals surface area contributed by atoms with Gasteiger partial charge in [0.05, 0.1) is 17.7 Å². The second-order valence-electron chi connectivity index (χ2n) is 4.02. The SMILES string of the molecule is Nc1cccc(OCCCOc2ccccc2)c1Br. The lowest BCUT2D eigenvalue weighted by Crippen LogP contribution is -2.05. The molecule has 0 heterocycles. The van der Waals surface area contributed by atoms with Crippen LogP contribution in [0.5, 0.6) is 11.5 Å². The van der Waals surface area contributed by atoms with E-state index in [4.69, 9.17) is 15.2 Å². The van der Waals surface area contributed by atoms with E-state index < -0.39 is 0 Å². The van der Waals surface area contributed by atoms with Gasteiger partial charge in [0.25, 0.3) is 0 Å². The monoisotopic (exact) mass is 321 g/mol. The van der Waals surface area contributed by atoms with Crippen LogP contribution in [0.15, 0.2) is 53.0 Å². The number of anilines is 1. The molecule has 0 amide bonds. The van der Waals surface area contributed by atoms with Crippen LogP contribution in [-0.2, 0) is 0 Å². The molecule has 0 radical (unpaired) electrons. The molecule has 4 heteroatoms. The normalized spacial score (nSPS) is 10.2. The maximum absolute atomic E-state index is 5.78. The lowest BCUT2D eigenvalue weighted by Gasteiger charge is -2.10. The van der Waals surface area contributed by atoms with E-state index in [2.05, 4.69) is 15.9 Å². The minimum atomic E-state index is 0.592. The molecular formula is C15H16BrNO2. The quantitative estimate of drug-likeness (QED) is 0.648. The standard InChI is InChI=1S/C15H16BrNO2/c16-15-13(17)8-4-9-14(15)19-11-5-10-18-12-6-2-1-3-7-12/h1-4,6-9H,5,10-11,17H2. The maximum Gasteiger partial charge on any atom is 0.135 e. The van der Waals surface area contributed by atoms with Crippen LogP contribution >= 0.6 is 15.9 Å². The molecule has 0 saturated heterocycles. The van der Waals surface area contributed by atoms with Crippen molar-refractivity contribution < 1.29 is 9.47 Å². The van der Waals surface area contributed by atoms with Gasteiger partial charge < -0.3 is 15.2 Å². The fourth-order valence-corrected chi connectivity index (χ4v) is 1.97. The molecule has 0 saturated carbocycles. The Morgan fingerprint density at radius 1 is 0.895 bits per heavy atom. The summed E-state index contributed by atoms with van der Waals surface area (Å²) < 4.78 is 12.0. The van der Waals surface area contributed by atoms with E-state index in [-0.39, 0.29) is 0 Å². The van der Waals surface area contributed by atoms with Crippen molar-refractivity contribution >= 4 is 21.6 Å². The maximum atomic E-state index is 5.78. The Hall–Kier alpha value is -1.68. The molecule has 0 aromatic heterocycles. The summed E-state index contributed by atoms with van der Waals surface area (Å²) in [6.07, 6.45) is 0.816. The Labute approximate surface area is 121 Å². The van der Waals surface area contributed by atoms with Crippen molar-refractivity contribution in [2.45, 2.75) is 6.42 Å². The molecule has 2 aromatic rings. The number of para-hydroxylation sites is 1. The number of halogens is 1. The highest BCUT2D eigenvalue weighted by atomic mass is 79.9. The molecule has 2 N–H and O–H groups in total. The zero-order valence-electron chi connectivity index (χ0n) is 10.5. The van der Waals surface area contributed by atoms with Crippen LogP contribution in [0.3, 0.4) is 0 Å². The van der Waals surface area contributed by atoms with Gasteiger partial charge >= 0.3 is 0 Å². The van der Waals surface area contributed by atoms with Gasteiger partial charge in [-0.1, -0.05) is 24.3 Å². The van der Waals surface area contributed by atoms with E-state index in [0.717, 1.165) is 22.4 Å². The topological polar surface area (TPSA) is 44.5 Å². The van der Waals surface area contributed by atoms with E-state index >= 15 is 0 Å². The van der Waals surface area contributed by atoms with Crippen molar-refractivity contribution in [2.24, 2.45) is 0 Å². The molecule has 100 valence electrons. The lowest BCUT2D eigenvalue weighted by atomic mass is 10.3. The third-order valence-corrected chi connectivity index (χ3v) is 3.40. The number of rotatable bonds is 6. The summed E-state index contributed by atoms with van der Waals surface area (Å²) in [6, 6.07) is 15.3. The van der Waals surface area contributed by atoms with Gasteiger partial charge in [0.15, 0.2) is 0 Å². The Morgan fingerprint density at radius 3 is 2.42 bits per heavy atom. The Bertz CT molecular complexity index is 517. The largest absolute Gasteiger partial charge is 0.493 e. The molecular weight excluding hydrogens is 306 g/mol. The third-order valence-electron chi connectivity index (χ3n) is 2.55. The van der Waals surface area contributed by atoms with Crippen LogP contribution in [-0.4, -0.2) is 13.2 Å². The average Bonchev–Trinajstić information content (AvgIpc) is 2.44. The second-order valence-corrected chi connectivity index (χ2v) is 4.82. The van der Waals surface area contributed by atoms with Gasteiger partial charge in [0.1, 0.15) is 11.5 Å². The summed E-state index contributed by atoms with van der Waals surface area (Å²) in [7, 11) is 0. The van der Waals surface area contributed by atoms with Crippen LogP contribution in [0.2, 0.25) is 0 Å². The molecule has 0 aliphatic heterocycles. The summed E-state index contributed by atoms with van der Waals surface area (Å²) >= 11 is 3.40. The summed E-state index contributed by atoms with van der Waals surface area (Å²) in [5.41, 5.74) is 6.45. The summed E-state index contributed by atoms with van der Waals surface area (Å²) in [4.78, 5) is 0. The fourth-order valence-electron chi connectivity index (χ4n) is 1.59. The molecule has 2 rings (SSSR count). The zero-order valence-corrected chi connectivity index (χ0v) is 12.1. The minimum absolute atomic E-state index is 0.592. The van der Waals surface area contributed by atoms with Gasteiger partial charge in [-0.25, -0.2) is 0 Å². The van der Waals surface area contributed by atoms with Crippen molar-refractivity contribution in [3.63, 3.8) is 0 Å². The summed E-state index contributed by atoms with van der Waals surface area (Å²) in [6.45, 7) is 1.22. The molecule has 0 unspecified atom stereocenters. The van der Waals surface area contributed by atoms with Gasteiger partial charge in [-0.2, -0.15) is 0 Å². The minimum Gasteiger partial charge on any atom is -0.493 e. The van der Waals surface area contributed by atoms with Crippen molar-refractivity contribution in [2.75, 3.05) is 18.9 Å². The van der Waals surface area contributed by atoms with Gasteiger partial charge in [0.2, 0.25) is 0 Å². The van der Waals surface area contributed by atoms with Crippen molar-refractivity contribution in [1.82, 2.24) is 0 Å². The fraction of sp³-hybridized carbons (Fsp3) is 0.200. The van der Waals surface area contributed by atoms with Crippen LogP contribution < -0.4 is 15.2 Å². The number of nitrogen functional groups attached to an aromatic ring is 1. The molecule has 3 nitrogen and oxygen atoms in total. The highest BCUT2D eigenvalue weighted by Crippen LogP contribution is 2.30. The van der Waals surface area contributed by atoms with Crippen LogP contribution in [0.1, 0.15) is 6.42 Å². The zero-order chi connectivity index (χ0) is 13.5. The first-order chi connectivity index (χ1) is 9.27. The van der Waals surface area contributed by atoms with E-state index in [9.17, 15) is 0 Å². The van der Waals surface area contributed by atoms with Gasteiger partial charge in [-0.3, -0.25) is 0 Å². The van der Waals surface area contributed by atoms with Crippen LogP contribution in [0, 0.1) is 0 Å². The predicted molar refractivity (Wildman–Crippen MR) is 80.6 cm³/mol. The third kappa shape index (κ3) is 4.17. The molecule has 0 bridgehead atoms. The van der Waals surface area contributed by atoms with E-state index in [1.807, 2.05) is 48.5 Å². The summed E-state index contributed by atoms with van der Waals surface area (Å²) in [5.74, 6) is 1.65. The first kappa shape index (κ1) is 13.7. The predicted octanol–water partition coefficient (Wildman–Crippen LogP) is 3.88. The number of nitrogens with two attached hydrogens (primary N) is 1. The first-order valence-corrected chi connectivity index (χ1v) is 6.91. The van der Waals surface area contributed by atoms with E-state index in [1.54, 1.807) is 0 Å². The molecule has 0 spiro atoms. The number of hydrogen-bond donors (Lipinski definition) is 1. The Balaban J connectivity index is 1.71. The van der Waals surface area contributed by atoms with E-state index in [0.29, 0.717) is 18.9 Å². The molecule has 0 fully saturated rings. The summed E-state index contributed by atoms with van der Waals surface area (Å²) in [5, 5.41) is 0. The Kier molecular flexibility index (Phi) is 5.10. The van der Waals surface area contributed by atoms with Crippen LogP contribution in [0.25, 0.3) is 0 Å². The molecule has 0 aliphatic carbocycles. The van der Waals surface area contributed by atoms with Gasteiger partial charge in [-0.15, -0.1) is 0 Å². The molecule has 19 heavy (non-hydrogen) atoms. The molecule has 0 aliphatic rings. The van der Waals surface area contributed by atoms with Gasteiger partial charge in [0, 0.05) is 12.1 Å². The number of benzene rings is 2. The number of hydrogen-bond acceptors (Lipinski definition) is 3. The van der Waals surface area contributed by atoms with Crippen molar-refractivity contribution in [3.05, 3.63) is 53.0 Å². The first-order valence-electron chi connectivity index (χ1n) is 6.12. The van der Waals surface area contributed by atoms with Crippen LogP contribution in [0.4, 0.5) is 5.69 Å². The van der Waals surface area contributed by atoms with Gasteiger partial charge in [-0.05, 0) is 40.2 Å². The number of ether oxygens (including phenoxy) is 2. The second kappa shape index (κ2) is 7.04. The average molecular weight is 322 g/mol. The smallest absolute Gasteiger partial charge is 0.135 e. The van der Waals surface area contributed by atoms with Crippen molar-refractivity contribution in [1.29, 1.82) is 0 Å². The Morgan fingerprint density at radius 2 is 1.63 bits per heavy atom. The van der Waals surface area contributed by atoms with Crippen molar-refractivity contribution in [3.8, 4) is 11.5 Å². The molecule has 0 atom stereocenters. The van der Waals surface area contributed by atoms with E-state index in [1.165, 1.54) is 0 Å². The highest BCUT2D eigenvalue weighted by Gasteiger charge is 2.03.